The highest BCUT2D eigenvalue weighted by atomic mass is 31.1. The first-order valence-corrected chi connectivity index (χ1v) is 2.95. The van der Waals surface area contributed by atoms with Gasteiger partial charge in [0.1, 0.15) is 0 Å². The van der Waals surface area contributed by atoms with Gasteiger partial charge in [-0.3, -0.25) is 4.57 Å². The van der Waals surface area contributed by atoms with Crippen LogP contribution in [0.15, 0.2) is 12.2 Å². The van der Waals surface area contributed by atoms with Crippen LogP contribution < -0.4 is 0 Å². The van der Waals surface area contributed by atoms with Gasteiger partial charge in [0.15, 0.2) is 8.46 Å². The van der Waals surface area contributed by atoms with E-state index >= 15 is 0 Å². The summed E-state index contributed by atoms with van der Waals surface area (Å²) in [5.74, 6) is -1.01. The fraction of sp³-hybridized carbons (Fsp3) is 0.250. The Labute approximate surface area is 48.2 Å². The van der Waals surface area contributed by atoms with Crippen molar-refractivity contribution < 1.29 is 14.5 Å². The number of carboxylic acid groups (broad SMARTS) is 1. The van der Waals surface area contributed by atoms with Gasteiger partial charge in [0.05, 0.1) is 0 Å². The van der Waals surface area contributed by atoms with Crippen molar-refractivity contribution in [2.45, 2.75) is 0 Å². The lowest BCUT2D eigenvalue weighted by Gasteiger charge is -1.72. The van der Waals surface area contributed by atoms with E-state index in [1.54, 1.807) is 0 Å². The monoisotopic (exact) mass is 132 g/mol. The van der Waals surface area contributed by atoms with Crippen LogP contribution in [0.1, 0.15) is 0 Å². The maximum Gasteiger partial charge on any atom is 0.328 e. The van der Waals surface area contributed by atoms with Crippen LogP contribution in [-0.2, 0) is 9.36 Å². The molecule has 0 bridgehead atoms. The second-order valence-corrected chi connectivity index (χ2v) is 1.68. The molecule has 0 atom stereocenters. The number of aliphatic carboxylic acids is 1. The molecule has 0 aliphatic carbocycles. The average Bonchev–Trinajstić information content (AvgIpc) is 1.66. The number of rotatable bonds is 3. The van der Waals surface area contributed by atoms with Crippen molar-refractivity contribution in [3.05, 3.63) is 12.2 Å². The number of hydrogen-bond acceptors (Lipinski definition) is 2. The highest BCUT2D eigenvalue weighted by Gasteiger charge is 1.81. The zero-order chi connectivity index (χ0) is 6.41. The first-order chi connectivity index (χ1) is 3.77. The Kier molecular flexibility index (Phi) is 4.08. The largest absolute Gasteiger partial charge is 0.478 e. The molecule has 0 saturated carbocycles. The molecule has 0 fully saturated rings. The molecular weight excluding hydrogens is 127 g/mol. The Morgan fingerprint density at radius 2 is 2.38 bits per heavy atom. The SMILES string of the molecule is O=PCC=CC(=O)O. The van der Waals surface area contributed by atoms with Gasteiger partial charge >= 0.3 is 5.97 Å². The van der Waals surface area contributed by atoms with Gasteiger partial charge in [0, 0.05) is 12.2 Å². The second-order valence-electron chi connectivity index (χ2n) is 1.05. The third-order valence-electron chi connectivity index (χ3n) is 0.440. The van der Waals surface area contributed by atoms with Crippen molar-refractivity contribution in [1.29, 1.82) is 0 Å². The molecule has 0 aromatic heterocycles. The summed E-state index contributed by atoms with van der Waals surface area (Å²) in [6.07, 6.45) is 2.56. The van der Waals surface area contributed by atoms with Gasteiger partial charge in [-0.25, -0.2) is 4.79 Å². The minimum Gasteiger partial charge on any atom is -0.478 e. The van der Waals surface area contributed by atoms with Gasteiger partial charge in [-0.1, -0.05) is 6.08 Å². The molecule has 0 saturated heterocycles. The highest BCUT2D eigenvalue weighted by Crippen LogP contribution is 1.89. The van der Waals surface area contributed by atoms with Gasteiger partial charge in [-0.2, -0.15) is 0 Å². The van der Waals surface area contributed by atoms with Crippen LogP contribution in [0.25, 0.3) is 0 Å². The van der Waals surface area contributed by atoms with Crippen molar-refractivity contribution in [3.8, 4) is 0 Å². The number of hydrogen-bond donors (Lipinski definition) is 1. The van der Waals surface area contributed by atoms with E-state index in [-0.39, 0.29) is 14.6 Å². The van der Waals surface area contributed by atoms with E-state index in [0.29, 0.717) is 0 Å². The Hall–Kier alpha value is -0.690. The number of allylic oxidation sites excluding steroid dienone is 1. The minimum absolute atomic E-state index is 0.0497. The Morgan fingerprint density at radius 3 is 2.75 bits per heavy atom. The maximum absolute atomic E-state index is 9.68. The Balaban J connectivity index is 3.34. The molecule has 0 aliphatic rings. The molecule has 44 valence electrons. The summed E-state index contributed by atoms with van der Waals surface area (Å²) in [6.45, 7) is 0. The predicted molar refractivity (Wildman–Crippen MR) is 29.2 cm³/mol. The summed E-state index contributed by atoms with van der Waals surface area (Å²) in [7, 11) is -0.0497. The lowest BCUT2D eigenvalue weighted by molar-refractivity contribution is -0.131. The zero-order valence-corrected chi connectivity index (χ0v) is 4.97. The third kappa shape index (κ3) is 5.31. The topological polar surface area (TPSA) is 54.4 Å². The molecule has 0 radical (unpaired) electrons. The summed E-state index contributed by atoms with van der Waals surface area (Å²) in [6, 6.07) is 0. The molecule has 0 aromatic rings. The maximum atomic E-state index is 9.68. The molecule has 0 spiro atoms. The van der Waals surface area contributed by atoms with Gasteiger partial charge in [0.2, 0.25) is 0 Å². The summed E-state index contributed by atoms with van der Waals surface area (Å²) in [4.78, 5) is 9.68. The van der Waals surface area contributed by atoms with E-state index < -0.39 is 5.97 Å². The molecule has 0 rings (SSSR count). The van der Waals surface area contributed by atoms with Crippen molar-refractivity contribution in [3.63, 3.8) is 0 Å². The summed E-state index contributed by atoms with van der Waals surface area (Å²) >= 11 is 0. The van der Waals surface area contributed by atoms with Gasteiger partial charge in [-0.05, 0) is 0 Å². The van der Waals surface area contributed by atoms with Crippen LogP contribution in [0.4, 0.5) is 0 Å². The molecule has 8 heavy (non-hydrogen) atoms. The van der Waals surface area contributed by atoms with Crippen LogP contribution in [0, 0.1) is 0 Å². The average molecular weight is 132 g/mol. The van der Waals surface area contributed by atoms with E-state index in [0.717, 1.165) is 6.08 Å². The first-order valence-electron chi connectivity index (χ1n) is 1.96. The molecule has 0 unspecified atom stereocenters. The fourth-order valence-electron chi connectivity index (χ4n) is 0.197. The van der Waals surface area contributed by atoms with Gasteiger partial charge in [0.25, 0.3) is 0 Å². The number of carbonyl (C=O) groups is 1. The van der Waals surface area contributed by atoms with Crippen LogP contribution in [-0.4, -0.2) is 17.2 Å². The predicted octanol–water partition coefficient (Wildman–Crippen LogP) is 0.919. The fourth-order valence-corrected chi connectivity index (χ4v) is 0.388. The van der Waals surface area contributed by atoms with E-state index in [2.05, 4.69) is 0 Å². The number of carboxylic acids is 1. The molecule has 1 N–H and O–H groups in total. The van der Waals surface area contributed by atoms with E-state index in [9.17, 15) is 9.36 Å². The quantitative estimate of drug-likeness (QED) is 0.458. The summed E-state index contributed by atoms with van der Waals surface area (Å²) < 4.78 is 9.64. The highest BCUT2D eigenvalue weighted by molar-refractivity contribution is 7.23. The van der Waals surface area contributed by atoms with Crippen molar-refractivity contribution in [1.82, 2.24) is 0 Å². The van der Waals surface area contributed by atoms with Crippen LogP contribution in [0.3, 0.4) is 0 Å². The molecule has 4 heteroatoms. The minimum atomic E-state index is -1.01. The lowest BCUT2D eigenvalue weighted by atomic mass is 10.5. The normalized spacial score (nSPS) is 10.5. The summed E-state index contributed by atoms with van der Waals surface area (Å²) in [5.41, 5.74) is 0. The van der Waals surface area contributed by atoms with E-state index in [4.69, 9.17) is 5.11 Å². The van der Waals surface area contributed by atoms with Gasteiger partial charge < -0.3 is 5.11 Å². The van der Waals surface area contributed by atoms with Crippen molar-refractivity contribution in [2.75, 3.05) is 6.16 Å². The molecule has 0 aromatic carbocycles. The van der Waals surface area contributed by atoms with E-state index in [1.165, 1.54) is 6.08 Å². The molecule has 0 amide bonds. The third-order valence-corrected chi connectivity index (χ3v) is 0.800. The smallest absolute Gasteiger partial charge is 0.328 e. The zero-order valence-electron chi connectivity index (χ0n) is 4.07. The lowest BCUT2D eigenvalue weighted by Crippen LogP contribution is -1.85. The van der Waals surface area contributed by atoms with E-state index in [1.807, 2.05) is 0 Å². The molecule has 0 aliphatic heterocycles. The Morgan fingerprint density at radius 1 is 1.75 bits per heavy atom. The van der Waals surface area contributed by atoms with Crippen molar-refractivity contribution >= 4 is 14.4 Å². The standard InChI is InChI=1S/C4H5O3P/c5-4(6)2-1-3-8-7/h1-2H,3H2,(H,5,6). The van der Waals surface area contributed by atoms with Crippen LogP contribution in [0.5, 0.6) is 0 Å². The second kappa shape index (κ2) is 4.47. The van der Waals surface area contributed by atoms with Crippen LogP contribution in [0.2, 0.25) is 0 Å². The van der Waals surface area contributed by atoms with Crippen molar-refractivity contribution in [2.24, 2.45) is 0 Å². The first kappa shape index (κ1) is 7.31. The van der Waals surface area contributed by atoms with Gasteiger partial charge in [-0.15, -0.1) is 0 Å². The molecular formula is C4H5O3P. The van der Waals surface area contributed by atoms with Crippen LogP contribution >= 0.6 is 8.46 Å². The summed E-state index contributed by atoms with van der Waals surface area (Å²) in [5, 5.41) is 7.95. The molecule has 3 nitrogen and oxygen atoms in total. The molecule has 0 heterocycles. The Bertz CT molecular complexity index is 118.